The molecule has 29 heavy (non-hydrogen) atoms. The summed E-state index contributed by atoms with van der Waals surface area (Å²) in [6.07, 6.45) is 8.91. The van der Waals surface area contributed by atoms with Crippen molar-refractivity contribution in [1.82, 2.24) is 0 Å². The predicted molar refractivity (Wildman–Crippen MR) is 123 cm³/mol. The number of benzene rings is 2. The number of aromatic nitrogens is 1. The van der Waals surface area contributed by atoms with E-state index < -0.39 is 0 Å². The first-order chi connectivity index (χ1) is 13.9. The molecule has 1 nitrogen and oxygen atoms in total. The van der Waals surface area contributed by atoms with E-state index in [2.05, 4.69) is 99.2 Å². The number of aryl methyl sites for hydroxylation is 2. The fraction of sp³-hybridized carbons (Fsp3) is 0.393. The molecule has 150 valence electrons. The first-order valence-electron chi connectivity index (χ1n) is 11.1. The van der Waals surface area contributed by atoms with Crippen LogP contribution in [0.2, 0.25) is 0 Å². The summed E-state index contributed by atoms with van der Waals surface area (Å²) in [6, 6.07) is 22.5. The van der Waals surface area contributed by atoms with Crippen molar-refractivity contribution in [3.05, 3.63) is 78.0 Å². The Kier molecular flexibility index (Phi) is 5.58. The fourth-order valence-corrected chi connectivity index (χ4v) is 4.71. The van der Waals surface area contributed by atoms with Crippen LogP contribution in [0.5, 0.6) is 0 Å². The second kappa shape index (κ2) is 8.14. The predicted octanol–water partition coefficient (Wildman–Crippen LogP) is 6.91. The third kappa shape index (κ3) is 4.61. The van der Waals surface area contributed by atoms with Gasteiger partial charge in [0.1, 0.15) is 7.05 Å². The quantitative estimate of drug-likeness (QED) is 0.430. The number of rotatable bonds is 4. The highest BCUT2D eigenvalue weighted by molar-refractivity contribution is 5.70. The van der Waals surface area contributed by atoms with Crippen molar-refractivity contribution in [2.75, 3.05) is 0 Å². The zero-order valence-corrected chi connectivity index (χ0v) is 18.4. The van der Waals surface area contributed by atoms with Gasteiger partial charge in [0.25, 0.3) is 0 Å². The molecule has 0 N–H and O–H groups in total. The maximum atomic E-state index is 2.42. The van der Waals surface area contributed by atoms with Crippen LogP contribution in [0.15, 0.2) is 66.9 Å². The topological polar surface area (TPSA) is 3.88 Å². The summed E-state index contributed by atoms with van der Waals surface area (Å²) in [6.45, 7) is 7.02. The summed E-state index contributed by atoms with van der Waals surface area (Å²) in [5.74, 6) is 0.859. The van der Waals surface area contributed by atoms with Crippen molar-refractivity contribution in [2.45, 2.75) is 52.9 Å². The minimum absolute atomic E-state index is 0.554. The molecule has 1 aliphatic carbocycles. The number of pyridine rings is 1. The standard InChI is InChI=1S/C28H34N/c1-21-7-5-6-8-26(21)27-20-25(15-18-29(27)4)24-11-9-22(10-12-24)19-23-13-16-28(2,3)17-14-23/h5-12,15,18,20,23H,13-14,16-17,19H2,1-4H3/q+1. The van der Waals surface area contributed by atoms with E-state index in [0.717, 1.165) is 5.92 Å². The van der Waals surface area contributed by atoms with Gasteiger partial charge < -0.3 is 0 Å². The van der Waals surface area contributed by atoms with Crippen molar-refractivity contribution in [3.63, 3.8) is 0 Å². The summed E-state index contributed by atoms with van der Waals surface area (Å²) < 4.78 is 2.21. The van der Waals surface area contributed by atoms with Gasteiger partial charge in [-0.05, 0) is 78.7 Å². The first-order valence-corrected chi connectivity index (χ1v) is 11.1. The van der Waals surface area contributed by atoms with Crippen LogP contribution in [0.25, 0.3) is 22.4 Å². The van der Waals surface area contributed by atoms with Gasteiger partial charge in [-0.25, -0.2) is 4.57 Å². The highest BCUT2D eigenvalue weighted by Gasteiger charge is 2.26. The molecule has 0 unspecified atom stereocenters. The summed E-state index contributed by atoms with van der Waals surface area (Å²) >= 11 is 0. The molecule has 1 fully saturated rings. The largest absolute Gasteiger partial charge is 0.213 e. The molecule has 1 heterocycles. The van der Waals surface area contributed by atoms with Gasteiger partial charge in [-0.15, -0.1) is 0 Å². The zero-order chi connectivity index (χ0) is 20.4. The Bertz CT molecular complexity index is 971. The highest BCUT2D eigenvalue weighted by atomic mass is 14.9. The molecule has 0 bridgehead atoms. The third-order valence-electron chi connectivity index (χ3n) is 6.84. The van der Waals surface area contributed by atoms with Gasteiger partial charge in [0, 0.05) is 17.7 Å². The van der Waals surface area contributed by atoms with Crippen LogP contribution in [0, 0.1) is 18.3 Å². The number of hydrogen-bond donors (Lipinski definition) is 0. The third-order valence-corrected chi connectivity index (χ3v) is 6.84. The molecule has 0 atom stereocenters. The maximum Gasteiger partial charge on any atom is 0.213 e. The van der Waals surface area contributed by atoms with E-state index in [0.29, 0.717) is 5.41 Å². The van der Waals surface area contributed by atoms with Crippen LogP contribution in [0.1, 0.15) is 50.7 Å². The normalized spacial score (nSPS) is 16.7. The molecule has 3 aromatic rings. The first kappa shape index (κ1) is 19.9. The summed E-state index contributed by atoms with van der Waals surface area (Å²) in [4.78, 5) is 0. The Morgan fingerprint density at radius 3 is 2.28 bits per heavy atom. The van der Waals surface area contributed by atoms with Crippen LogP contribution in [-0.2, 0) is 13.5 Å². The molecule has 1 saturated carbocycles. The number of nitrogens with zero attached hydrogens (tertiary/aromatic N) is 1. The second-order valence-electron chi connectivity index (χ2n) is 9.74. The molecular formula is C28H34N+. The Morgan fingerprint density at radius 1 is 0.897 bits per heavy atom. The van der Waals surface area contributed by atoms with E-state index in [-0.39, 0.29) is 0 Å². The van der Waals surface area contributed by atoms with E-state index in [4.69, 9.17) is 0 Å². The Balaban J connectivity index is 1.52. The SMILES string of the molecule is Cc1ccccc1-c1cc(-c2ccc(CC3CCC(C)(C)CC3)cc2)cc[n+]1C. The zero-order valence-electron chi connectivity index (χ0n) is 18.4. The Morgan fingerprint density at radius 2 is 1.59 bits per heavy atom. The van der Waals surface area contributed by atoms with Crippen molar-refractivity contribution in [2.24, 2.45) is 18.4 Å². The van der Waals surface area contributed by atoms with Crippen LogP contribution in [-0.4, -0.2) is 0 Å². The van der Waals surface area contributed by atoms with E-state index in [9.17, 15) is 0 Å². The molecular weight excluding hydrogens is 350 g/mol. The molecule has 0 radical (unpaired) electrons. The molecule has 2 aromatic carbocycles. The minimum Gasteiger partial charge on any atom is -0.201 e. The molecule has 1 aliphatic rings. The molecule has 1 aromatic heterocycles. The van der Waals surface area contributed by atoms with Gasteiger partial charge >= 0.3 is 0 Å². The summed E-state index contributed by atoms with van der Waals surface area (Å²) in [7, 11) is 2.13. The van der Waals surface area contributed by atoms with Crippen molar-refractivity contribution in [1.29, 1.82) is 0 Å². The van der Waals surface area contributed by atoms with Crippen molar-refractivity contribution < 1.29 is 4.57 Å². The van der Waals surface area contributed by atoms with E-state index in [1.807, 2.05) is 0 Å². The van der Waals surface area contributed by atoms with E-state index in [1.54, 1.807) is 0 Å². The van der Waals surface area contributed by atoms with Gasteiger partial charge in [0.05, 0.1) is 0 Å². The fourth-order valence-electron chi connectivity index (χ4n) is 4.71. The molecule has 0 spiro atoms. The van der Waals surface area contributed by atoms with Gasteiger partial charge in [0.15, 0.2) is 6.20 Å². The van der Waals surface area contributed by atoms with Crippen LogP contribution in [0.3, 0.4) is 0 Å². The van der Waals surface area contributed by atoms with E-state index in [1.165, 1.54) is 65.6 Å². The van der Waals surface area contributed by atoms with Gasteiger partial charge in [-0.1, -0.05) is 56.3 Å². The van der Waals surface area contributed by atoms with Crippen LogP contribution in [0.4, 0.5) is 0 Å². The second-order valence-corrected chi connectivity index (χ2v) is 9.74. The Hall–Kier alpha value is -2.41. The minimum atomic E-state index is 0.554. The van der Waals surface area contributed by atoms with Crippen LogP contribution < -0.4 is 4.57 Å². The lowest BCUT2D eigenvalue weighted by Crippen LogP contribution is -2.30. The average molecular weight is 385 g/mol. The van der Waals surface area contributed by atoms with Gasteiger partial charge in [-0.3, -0.25) is 0 Å². The smallest absolute Gasteiger partial charge is 0.201 e. The molecule has 0 amide bonds. The maximum absolute atomic E-state index is 2.42. The summed E-state index contributed by atoms with van der Waals surface area (Å²) in [5, 5.41) is 0. The lowest BCUT2D eigenvalue weighted by molar-refractivity contribution is -0.660. The molecule has 0 aliphatic heterocycles. The average Bonchev–Trinajstić information content (AvgIpc) is 2.71. The van der Waals surface area contributed by atoms with E-state index >= 15 is 0 Å². The number of hydrogen-bond acceptors (Lipinski definition) is 0. The lowest BCUT2D eigenvalue weighted by atomic mass is 9.72. The Labute approximate surface area is 176 Å². The molecule has 4 rings (SSSR count). The monoisotopic (exact) mass is 384 g/mol. The van der Waals surface area contributed by atoms with Crippen molar-refractivity contribution >= 4 is 0 Å². The lowest BCUT2D eigenvalue weighted by Gasteiger charge is -2.34. The summed E-state index contributed by atoms with van der Waals surface area (Å²) in [5.41, 5.74) is 8.49. The van der Waals surface area contributed by atoms with Crippen LogP contribution >= 0.6 is 0 Å². The molecule has 0 saturated heterocycles. The van der Waals surface area contributed by atoms with Gasteiger partial charge in [0.2, 0.25) is 5.69 Å². The molecule has 1 heteroatoms. The highest BCUT2D eigenvalue weighted by Crippen LogP contribution is 2.39. The van der Waals surface area contributed by atoms with Crippen molar-refractivity contribution in [3.8, 4) is 22.4 Å². The van der Waals surface area contributed by atoms with Gasteiger partial charge in [-0.2, -0.15) is 0 Å².